The Kier molecular flexibility index (Phi) is 65.9. The van der Waals surface area contributed by atoms with Crippen LogP contribution < -0.4 is 0 Å². The molecule has 0 bridgehead atoms. The maximum Gasteiger partial charge on any atom is 0.361 e. The Hall–Kier alpha value is -1.71. The van der Waals surface area contributed by atoms with Crippen LogP contribution in [0.1, 0.15) is 406 Å². The summed E-state index contributed by atoms with van der Waals surface area (Å²) in [7, 11) is 6.00. The van der Waals surface area contributed by atoms with E-state index in [1.807, 2.05) is 21.1 Å². The second kappa shape index (κ2) is 67.2. The third-order valence-corrected chi connectivity index (χ3v) is 17.6. The van der Waals surface area contributed by atoms with Gasteiger partial charge in [-0.25, -0.2) is 4.79 Å². The minimum atomic E-state index is -1.50. The molecule has 0 radical (unpaired) electrons. The molecule has 0 saturated heterocycles. The number of carboxylic acid groups (broad SMARTS) is 1. The molecule has 9 heteroatoms. The molecule has 0 spiro atoms. The Bertz CT molecular complexity index is 1340. The van der Waals surface area contributed by atoms with E-state index in [0.717, 1.165) is 38.5 Å². The lowest BCUT2D eigenvalue weighted by Gasteiger charge is -2.25. The Morgan fingerprint density at radius 1 is 0.310 bits per heavy atom. The summed E-state index contributed by atoms with van der Waals surface area (Å²) in [4.78, 5) is 37.7. The van der Waals surface area contributed by atoms with Crippen LogP contribution >= 0.6 is 0 Å². The molecule has 0 amide bonds. The van der Waals surface area contributed by atoms with Gasteiger partial charge in [0.05, 0.1) is 34.4 Å². The minimum Gasteiger partial charge on any atom is -0.477 e. The topological polar surface area (TPSA) is 108 Å². The summed E-state index contributed by atoms with van der Waals surface area (Å²) < 4.78 is 23.0. The number of esters is 2. The van der Waals surface area contributed by atoms with Gasteiger partial charge in [-0.15, -0.1) is 0 Å². The molecule has 0 rings (SSSR count). The molecule has 0 aliphatic carbocycles. The molecular formula is C75H148NO8+. The summed E-state index contributed by atoms with van der Waals surface area (Å²) in [5.41, 5.74) is 0. The van der Waals surface area contributed by atoms with Gasteiger partial charge in [0, 0.05) is 12.8 Å². The molecule has 0 heterocycles. The average Bonchev–Trinajstić information content (AvgIpc) is 3.51. The number of hydrogen-bond donors (Lipinski definition) is 1. The first-order chi connectivity index (χ1) is 41.1. The first-order valence-electron chi connectivity index (χ1n) is 37.7. The highest BCUT2D eigenvalue weighted by Gasteiger charge is 2.25. The molecule has 500 valence electrons. The highest BCUT2D eigenvalue weighted by atomic mass is 16.7. The zero-order chi connectivity index (χ0) is 61.2. The van der Waals surface area contributed by atoms with Crippen molar-refractivity contribution >= 4 is 17.9 Å². The van der Waals surface area contributed by atoms with Crippen LogP contribution in [0, 0.1) is 0 Å². The van der Waals surface area contributed by atoms with E-state index in [-0.39, 0.29) is 38.2 Å². The fourth-order valence-electron chi connectivity index (χ4n) is 11.8. The standard InChI is InChI=1S/C75H147NO8/c1-6-8-10-12-14-16-18-20-22-24-26-28-30-32-34-36-38-40-42-44-46-48-50-52-54-56-58-60-62-64-66-73(78)84-71(70-83-75(74(79)80)81-68-67-76(3,4)5)69-82-72(77)65-63-61-59-57-55-53-51-49-47-45-43-41-39-37-35-33-31-29-27-25-23-21-19-17-15-13-11-9-7-2/h71,75H,6-70H2,1-5H3/p+1. The van der Waals surface area contributed by atoms with E-state index < -0.39 is 18.4 Å². The van der Waals surface area contributed by atoms with Gasteiger partial charge in [0.2, 0.25) is 0 Å². The summed E-state index contributed by atoms with van der Waals surface area (Å²) in [6.45, 7) is 4.98. The third kappa shape index (κ3) is 67.8. The molecule has 2 atom stereocenters. The highest BCUT2D eigenvalue weighted by molar-refractivity contribution is 5.71. The van der Waals surface area contributed by atoms with Crippen LogP contribution in [0.3, 0.4) is 0 Å². The Balaban J connectivity index is 4.00. The van der Waals surface area contributed by atoms with Crippen LogP contribution in [0.2, 0.25) is 0 Å². The molecular weight excluding hydrogens is 1040 g/mol. The fourth-order valence-corrected chi connectivity index (χ4v) is 11.8. The molecule has 0 aliphatic heterocycles. The van der Waals surface area contributed by atoms with Crippen LogP contribution in [0.25, 0.3) is 0 Å². The highest BCUT2D eigenvalue weighted by Crippen LogP contribution is 2.20. The number of aliphatic carboxylic acids is 1. The van der Waals surface area contributed by atoms with Crippen LogP contribution in [-0.2, 0) is 33.3 Å². The number of hydrogen-bond acceptors (Lipinski definition) is 7. The molecule has 0 saturated carbocycles. The normalized spacial score (nSPS) is 12.5. The zero-order valence-electron chi connectivity index (χ0n) is 57.4. The molecule has 2 unspecified atom stereocenters. The van der Waals surface area contributed by atoms with Gasteiger partial charge in [-0.2, -0.15) is 0 Å². The van der Waals surface area contributed by atoms with Gasteiger partial charge in [0.1, 0.15) is 13.2 Å². The van der Waals surface area contributed by atoms with Crippen LogP contribution in [0.4, 0.5) is 0 Å². The molecule has 0 aromatic carbocycles. The number of quaternary nitrogens is 1. The maximum atomic E-state index is 13.0. The van der Waals surface area contributed by atoms with Crippen molar-refractivity contribution in [1.82, 2.24) is 0 Å². The van der Waals surface area contributed by atoms with Gasteiger partial charge in [0.15, 0.2) is 6.10 Å². The largest absolute Gasteiger partial charge is 0.477 e. The molecule has 9 nitrogen and oxygen atoms in total. The van der Waals surface area contributed by atoms with Crippen LogP contribution in [-0.4, -0.2) is 87.4 Å². The van der Waals surface area contributed by atoms with Gasteiger partial charge < -0.3 is 28.5 Å². The van der Waals surface area contributed by atoms with E-state index in [9.17, 15) is 19.5 Å². The number of likely N-dealkylation sites (N-methyl/N-ethyl adjacent to an activating group) is 1. The number of carboxylic acids is 1. The van der Waals surface area contributed by atoms with Crippen molar-refractivity contribution in [2.75, 3.05) is 47.5 Å². The monoisotopic (exact) mass is 1190 g/mol. The van der Waals surface area contributed by atoms with E-state index in [2.05, 4.69) is 13.8 Å². The zero-order valence-corrected chi connectivity index (χ0v) is 57.4. The summed E-state index contributed by atoms with van der Waals surface area (Å²) in [6, 6.07) is 0. The number of carbonyl (C=O) groups is 3. The quantitative estimate of drug-likeness (QED) is 0.0278. The first kappa shape index (κ1) is 82.3. The fraction of sp³-hybridized carbons (Fsp3) is 0.960. The second-order valence-electron chi connectivity index (χ2n) is 27.3. The minimum absolute atomic E-state index is 0.172. The summed E-state index contributed by atoms with van der Waals surface area (Å²) in [5.74, 6) is -1.96. The van der Waals surface area contributed by atoms with Gasteiger partial charge in [-0.3, -0.25) is 9.59 Å². The first-order valence-corrected chi connectivity index (χ1v) is 37.7. The van der Waals surface area contributed by atoms with Crippen molar-refractivity contribution in [2.45, 2.75) is 418 Å². The SMILES string of the molecule is CCCCCCCCCCCCCCCCCCCCCCCCCCCCCCCCC(=O)OC(COC(=O)CCCCCCCCCCCCCCCCCCCCCCCCCCCCCCC)COC(OCC[N+](C)(C)C)C(=O)O. The predicted molar refractivity (Wildman–Crippen MR) is 360 cm³/mol. The van der Waals surface area contributed by atoms with Crippen molar-refractivity contribution in [3.8, 4) is 0 Å². The lowest BCUT2D eigenvalue weighted by molar-refractivity contribution is -0.870. The number of rotatable bonds is 72. The number of carbonyl (C=O) groups excluding carboxylic acids is 2. The lowest BCUT2D eigenvalue weighted by Crippen LogP contribution is -2.40. The lowest BCUT2D eigenvalue weighted by atomic mass is 10.0. The molecule has 0 aromatic heterocycles. The van der Waals surface area contributed by atoms with Crippen molar-refractivity contribution in [3.63, 3.8) is 0 Å². The van der Waals surface area contributed by atoms with E-state index in [1.54, 1.807) is 0 Å². The summed E-state index contributed by atoms with van der Waals surface area (Å²) >= 11 is 0. The van der Waals surface area contributed by atoms with E-state index >= 15 is 0 Å². The number of ether oxygens (including phenoxy) is 4. The van der Waals surface area contributed by atoms with Crippen molar-refractivity contribution in [3.05, 3.63) is 0 Å². The predicted octanol–water partition coefficient (Wildman–Crippen LogP) is 23.4. The van der Waals surface area contributed by atoms with Gasteiger partial charge in [-0.05, 0) is 12.8 Å². The van der Waals surface area contributed by atoms with Crippen molar-refractivity contribution in [2.24, 2.45) is 0 Å². The van der Waals surface area contributed by atoms with Gasteiger partial charge >= 0.3 is 17.9 Å². The molecule has 84 heavy (non-hydrogen) atoms. The number of nitrogens with zero attached hydrogens (tertiary/aromatic N) is 1. The van der Waals surface area contributed by atoms with E-state index in [4.69, 9.17) is 18.9 Å². The Morgan fingerprint density at radius 3 is 0.762 bits per heavy atom. The number of unbranched alkanes of at least 4 members (excludes halogenated alkanes) is 57. The molecule has 0 aliphatic rings. The maximum absolute atomic E-state index is 13.0. The van der Waals surface area contributed by atoms with Crippen LogP contribution in [0.5, 0.6) is 0 Å². The molecule has 0 fully saturated rings. The Labute approximate surface area is 523 Å². The van der Waals surface area contributed by atoms with Gasteiger partial charge in [-0.1, -0.05) is 380 Å². The summed E-state index contributed by atoms with van der Waals surface area (Å²) in [5, 5.41) is 9.76. The molecule has 1 N–H and O–H groups in total. The van der Waals surface area contributed by atoms with Crippen molar-refractivity contribution < 1.29 is 42.9 Å². The third-order valence-electron chi connectivity index (χ3n) is 17.6. The second-order valence-corrected chi connectivity index (χ2v) is 27.3. The molecule has 0 aromatic rings. The van der Waals surface area contributed by atoms with E-state index in [1.165, 1.54) is 340 Å². The average molecular weight is 1190 g/mol. The van der Waals surface area contributed by atoms with E-state index in [0.29, 0.717) is 17.4 Å². The van der Waals surface area contributed by atoms with Crippen molar-refractivity contribution in [1.29, 1.82) is 0 Å². The van der Waals surface area contributed by atoms with Gasteiger partial charge in [0.25, 0.3) is 6.29 Å². The smallest absolute Gasteiger partial charge is 0.361 e. The Morgan fingerprint density at radius 2 is 0.536 bits per heavy atom. The summed E-state index contributed by atoms with van der Waals surface area (Å²) in [6.07, 6.45) is 78.2. The van der Waals surface area contributed by atoms with Crippen LogP contribution in [0.15, 0.2) is 0 Å².